The van der Waals surface area contributed by atoms with E-state index in [1.54, 1.807) is 5.19 Å². The van der Waals surface area contributed by atoms with Crippen LogP contribution in [-0.4, -0.2) is 19.4 Å². The molecule has 0 N–H and O–H groups in total. The summed E-state index contributed by atoms with van der Waals surface area (Å²) in [6.45, 7) is 19.5. The minimum atomic E-state index is -1.70. The highest BCUT2D eigenvalue weighted by atomic mass is 32.2. The molecule has 2 nitrogen and oxygen atoms in total. The van der Waals surface area contributed by atoms with E-state index in [4.69, 9.17) is 4.74 Å². The van der Waals surface area contributed by atoms with Crippen LogP contribution in [0.25, 0.3) is 0 Å². The van der Waals surface area contributed by atoms with Gasteiger partial charge in [0, 0.05) is 17.4 Å². The number of thioether (sulfide) groups is 1. The van der Waals surface area contributed by atoms with Gasteiger partial charge < -0.3 is 4.74 Å². The smallest absolute Gasteiger partial charge is 0.308 e. The van der Waals surface area contributed by atoms with Gasteiger partial charge in [0.25, 0.3) is 0 Å². The quantitative estimate of drug-likeness (QED) is 0.130. The largest absolute Gasteiger partial charge is 0.426 e. The van der Waals surface area contributed by atoms with Gasteiger partial charge in [-0.3, -0.25) is 4.79 Å². The molecule has 0 radical (unpaired) electrons. The number of unbranched alkanes of at least 4 members (excludes halogenated alkanes) is 2. The van der Waals surface area contributed by atoms with E-state index in [2.05, 4.69) is 110 Å². The molecule has 35 heavy (non-hydrogen) atoms. The summed E-state index contributed by atoms with van der Waals surface area (Å²) in [6, 6.07) is 18.6. The van der Waals surface area contributed by atoms with Crippen LogP contribution in [0.5, 0.6) is 5.75 Å². The maximum Gasteiger partial charge on any atom is 0.308 e. The Kier molecular flexibility index (Phi) is 10.7. The normalized spacial score (nSPS) is 12.6. The Morgan fingerprint density at radius 3 is 1.86 bits per heavy atom. The summed E-state index contributed by atoms with van der Waals surface area (Å²) < 4.78 is 5.74. The van der Waals surface area contributed by atoms with E-state index in [-0.39, 0.29) is 16.8 Å². The zero-order valence-corrected chi connectivity index (χ0v) is 25.5. The number of carbonyl (C=O) groups is 1. The van der Waals surface area contributed by atoms with Crippen LogP contribution in [0.1, 0.15) is 99.1 Å². The molecule has 0 bridgehead atoms. The Morgan fingerprint density at radius 1 is 0.857 bits per heavy atom. The fourth-order valence-corrected chi connectivity index (χ4v) is 12.8. The Labute approximate surface area is 220 Å². The lowest BCUT2D eigenvalue weighted by Gasteiger charge is -2.34. The lowest BCUT2D eigenvalue weighted by molar-refractivity contribution is -0.131. The summed E-state index contributed by atoms with van der Waals surface area (Å²) in [5.74, 6) is 0.452. The summed E-state index contributed by atoms with van der Waals surface area (Å²) in [5.41, 5.74) is 2.22. The fourth-order valence-electron chi connectivity index (χ4n) is 4.77. The molecular formula is C31H48O2SSi. The van der Waals surface area contributed by atoms with Crippen LogP contribution >= 0.6 is 11.8 Å². The molecule has 0 heterocycles. The van der Waals surface area contributed by atoms with Gasteiger partial charge in [-0.05, 0) is 33.9 Å². The number of rotatable bonds is 11. The lowest BCUT2D eigenvalue weighted by atomic mass is 9.81. The van der Waals surface area contributed by atoms with Crippen LogP contribution < -0.4 is 9.92 Å². The molecule has 194 valence electrons. The highest BCUT2D eigenvalue weighted by Crippen LogP contribution is 2.42. The monoisotopic (exact) mass is 512 g/mol. The highest BCUT2D eigenvalue weighted by Gasteiger charge is 2.35. The molecule has 2 aromatic carbocycles. The Morgan fingerprint density at radius 2 is 1.40 bits per heavy atom. The average Bonchev–Trinajstić information content (AvgIpc) is 2.78. The molecule has 0 aliphatic rings. The first-order valence-electron chi connectivity index (χ1n) is 13.4. The molecule has 0 aliphatic heterocycles. The van der Waals surface area contributed by atoms with Crippen molar-refractivity contribution in [1.29, 1.82) is 0 Å². The van der Waals surface area contributed by atoms with E-state index in [0.717, 1.165) is 5.56 Å². The van der Waals surface area contributed by atoms with Gasteiger partial charge in [-0.15, -0.1) is 11.8 Å². The molecule has 0 aliphatic carbocycles. The fraction of sp³-hybridized carbons (Fsp3) is 0.581. The highest BCUT2D eigenvalue weighted by molar-refractivity contribution is 8.01. The second kappa shape index (κ2) is 12.6. The zero-order valence-electron chi connectivity index (χ0n) is 23.7. The lowest BCUT2D eigenvalue weighted by Crippen LogP contribution is -2.50. The molecule has 0 atom stereocenters. The molecule has 0 aromatic heterocycles. The maximum absolute atomic E-state index is 11.9. The molecule has 0 fully saturated rings. The van der Waals surface area contributed by atoms with Crippen molar-refractivity contribution in [3.05, 3.63) is 53.6 Å². The number of benzene rings is 2. The summed E-state index contributed by atoms with van der Waals surface area (Å²) in [4.78, 5) is 13.3. The van der Waals surface area contributed by atoms with Crippen molar-refractivity contribution < 1.29 is 9.53 Å². The predicted molar refractivity (Wildman–Crippen MR) is 157 cm³/mol. The first kappa shape index (κ1) is 29.7. The van der Waals surface area contributed by atoms with Crippen molar-refractivity contribution in [2.24, 2.45) is 0 Å². The second-order valence-corrected chi connectivity index (χ2v) is 18.1. The van der Waals surface area contributed by atoms with E-state index in [1.165, 1.54) is 60.5 Å². The van der Waals surface area contributed by atoms with Gasteiger partial charge in [0.1, 0.15) is 5.75 Å². The number of hydrogen-bond acceptors (Lipinski definition) is 3. The van der Waals surface area contributed by atoms with E-state index >= 15 is 0 Å². The van der Waals surface area contributed by atoms with Gasteiger partial charge in [0.05, 0.1) is 8.07 Å². The minimum Gasteiger partial charge on any atom is -0.426 e. The minimum absolute atomic E-state index is 0.0442. The zero-order chi connectivity index (χ0) is 26.3. The third kappa shape index (κ3) is 8.25. The molecule has 2 aromatic rings. The molecule has 0 unspecified atom stereocenters. The van der Waals surface area contributed by atoms with Gasteiger partial charge in [-0.2, -0.15) is 0 Å². The topological polar surface area (TPSA) is 26.3 Å². The molecule has 4 heteroatoms. The first-order valence-corrected chi connectivity index (χ1v) is 17.0. The molecule has 0 saturated carbocycles. The predicted octanol–water partition coefficient (Wildman–Crippen LogP) is 8.79. The van der Waals surface area contributed by atoms with Crippen LogP contribution in [-0.2, 0) is 15.6 Å². The number of hydrogen-bond donors (Lipinski definition) is 0. The van der Waals surface area contributed by atoms with Crippen LogP contribution in [0.3, 0.4) is 0 Å². The number of ether oxygens (including phenoxy) is 1. The van der Waals surface area contributed by atoms with E-state index in [9.17, 15) is 4.79 Å². The Bertz CT molecular complexity index is 946. The van der Waals surface area contributed by atoms with E-state index in [1.807, 2.05) is 0 Å². The van der Waals surface area contributed by atoms with Gasteiger partial charge >= 0.3 is 5.97 Å². The molecule has 2 rings (SSSR count). The summed E-state index contributed by atoms with van der Waals surface area (Å²) >= 11 is 2.06. The standard InChI is InChI=1S/C31H48O2SSi/c1-10-12-19-35(20-13-11-2,25-17-15-14-16-18-25)23-34-29-22-26(30(4,5)6)28(33-24(3)32)21-27(29)31(7,8)9/h14-18,21-22H,10-13,19-20,23H2,1-9H3. The average molecular weight is 513 g/mol. The van der Waals surface area contributed by atoms with Gasteiger partial charge in [-0.25, -0.2) is 0 Å². The van der Waals surface area contributed by atoms with E-state index in [0.29, 0.717) is 5.75 Å². The SMILES string of the molecule is CCCC[Si](CCCC)(CSc1cc(C(C)(C)C)c(OC(C)=O)cc1C(C)(C)C)c1ccccc1. The molecular weight excluding hydrogens is 464 g/mol. The Balaban J connectivity index is 2.61. The van der Waals surface area contributed by atoms with Gasteiger partial charge in [0.15, 0.2) is 0 Å². The van der Waals surface area contributed by atoms with Crippen molar-refractivity contribution in [1.82, 2.24) is 0 Å². The van der Waals surface area contributed by atoms with Crippen LogP contribution in [0.4, 0.5) is 0 Å². The Hall–Kier alpha value is -1.52. The van der Waals surface area contributed by atoms with Crippen LogP contribution in [0.2, 0.25) is 12.1 Å². The van der Waals surface area contributed by atoms with Crippen molar-refractivity contribution in [2.45, 2.75) is 116 Å². The first-order chi connectivity index (χ1) is 16.3. The van der Waals surface area contributed by atoms with Gasteiger partial charge in [-0.1, -0.05) is 129 Å². The van der Waals surface area contributed by atoms with Crippen molar-refractivity contribution >= 4 is 31.0 Å². The third-order valence-electron chi connectivity index (χ3n) is 6.86. The van der Waals surface area contributed by atoms with Gasteiger partial charge in [0.2, 0.25) is 0 Å². The van der Waals surface area contributed by atoms with Crippen LogP contribution in [0.15, 0.2) is 47.4 Å². The summed E-state index contributed by atoms with van der Waals surface area (Å²) in [6.07, 6.45) is 5.10. The molecule has 0 saturated heterocycles. The number of esters is 1. The van der Waals surface area contributed by atoms with Crippen molar-refractivity contribution in [3.8, 4) is 5.75 Å². The maximum atomic E-state index is 11.9. The number of carbonyl (C=O) groups excluding carboxylic acids is 1. The third-order valence-corrected chi connectivity index (χ3v) is 14.5. The second-order valence-electron chi connectivity index (χ2n) is 12.1. The van der Waals surface area contributed by atoms with E-state index < -0.39 is 8.07 Å². The van der Waals surface area contributed by atoms with Crippen LogP contribution in [0, 0.1) is 0 Å². The summed E-state index contributed by atoms with van der Waals surface area (Å²) in [5, 5.41) is 2.80. The summed E-state index contributed by atoms with van der Waals surface area (Å²) in [7, 11) is -1.70. The molecule has 0 spiro atoms. The van der Waals surface area contributed by atoms with Crippen molar-refractivity contribution in [2.75, 3.05) is 5.38 Å². The molecule has 0 amide bonds. The van der Waals surface area contributed by atoms with Crippen molar-refractivity contribution in [3.63, 3.8) is 0 Å².